The van der Waals surface area contributed by atoms with E-state index in [9.17, 15) is 0 Å². The second-order valence-corrected chi connectivity index (χ2v) is 4.45. The molecular weight excluding hydrogens is 234 g/mol. The van der Waals surface area contributed by atoms with Gasteiger partial charge in [-0.15, -0.1) is 11.3 Å². The van der Waals surface area contributed by atoms with Crippen molar-refractivity contribution >= 4 is 22.8 Å². The van der Waals surface area contributed by atoms with Gasteiger partial charge in [0.1, 0.15) is 16.9 Å². The van der Waals surface area contributed by atoms with Gasteiger partial charge in [0.2, 0.25) is 0 Å². The maximum atomic E-state index is 8.69. The van der Waals surface area contributed by atoms with Crippen LogP contribution in [0.15, 0.2) is 17.6 Å². The predicted octanol–water partition coefficient (Wildman–Crippen LogP) is 1.91. The number of rotatable bonds is 3. The van der Waals surface area contributed by atoms with Gasteiger partial charge in [0.25, 0.3) is 0 Å². The SMILES string of the molecule is Cc1csc(CNc2ncc(C#N)cc2N)n1. The van der Waals surface area contributed by atoms with E-state index >= 15 is 0 Å². The van der Waals surface area contributed by atoms with Gasteiger partial charge in [-0.3, -0.25) is 0 Å². The maximum Gasteiger partial charge on any atom is 0.149 e. The molecular formula is C11H11N5S. The molecule has 2 aromatic rings. The summed E-state index contributed by atoms with van der Waals surface area (Å²) in [6.45, 7) is 2.54. The summed E-state index contributed by atoms with van der Waals surface area (Å²) in [5.74, 6) is 0.580. The largest absolute Gasteiger partial charge is 0.396 e. The second kappa shape index (κ2) is 4.80. The second-order valence-electron chi connectivity index (χ2n) is 3.51. The lowest BCUT2D eigenvalue weighted by atomic mass is 10.3. The number of aromatic nitrogens is 2. The zero-order chi connectivity index (χ0) is 12.3. The van der Waals surface area contributed by atoms with Crippen LogP contribution in [0.4, 0.5) is 11.5 Å². The lowest BCUT2D eigenvalue weighted by Gasteiger charge is -2.06. The van der Waals surface area contributed by atoms with Crippen molar-refractivity contribution in [3.8, 4) is 6.07 Å². The van der Waals surface area contributed by atoms with E-state index in [-0.39, 0.29) is 0 Å². The van der Waals surface area contributed by atoms with Crippen LogP contribution >= 0.6 is 11.3 Å². The van der Waals surface area contributed by atoms with Crippen molar-refractivity contribution in [1.29, 1.82) is 5.26 Å². The maximum absolute atomic E-state index is 8.69. The number of nitriles is 1. The van der Waals surface area contributed by atoms with Gasteiger partial charge in [-0.25, -0.2) is 9.97 Å². The molecule has 2 rings (SSSR count). The molecule has 2 heterocycles. The Hall–Kier alpha value is -2.13. The number of aryl methyl sites for hydroxylation is 1. The van der Waals surface area contributed by atoms with Gasteiger partial charge in [-0.1, -0.05) is 0 Å². The van der Waals surface area contributed by atoms with Crippen molar-refractivity contribution in [2.24, 2.45) is 0 Å². The highest BCUT2D eigenvalue weighted by Crippen LogP contribution is 2.17. The van der Waals surface area contributed by atoms with Gasteiger partial charge in [-0.2, -0.15) is 5.26 Å². The standard InChI is InChI=1S/C11H11N5S/c1-7-6-17-10(16-7)5-15-11-9(13)2-8(3-12)4-14-11/h2,4,6H,5,13H2,1H3,(H,14,15). The molecule has 86 valence electrons. The van der Waals surface area contributed by atoms with Crippen LogP contribution in [-0.2, 0) is 6.54 Å². The van der Waals surface area contributed by atoms with Crippen LogP contribution in [0.25, 0.3) is 0 Å². The minimum atomic E-state index is 0.457. The van der Waals surface area contributed by atoms with Crippen LogP contribution in [0.1, 0.15) is 16.3 Å². The third-order valence-electron chi connectivity index (χ3n) is 2.12. The van der Waals surface area contributed by atoms with E-state index in [2.05, 4.69) is 15.3 Å². The van der Waals surface area contributed by atoms with E-state index in [4.69, 9.17) is 11.0 Å². The van der Waals surface area contributed by atoms with Gasteiger partial charge >= 0.3 is 0 Å². The fourth-order valence-electron chi connectivity index (χ4n) is 1.33. The van der Waals surface area contributed by atoms with Crippen molar-refractivity contribution in [1.82, 2.24) is 9.97 Å². The van der Waals surface area contributed by atoms with E-state index in [1.165, 1.54) is 6.20 Å². The van der Waals surface area contributed by atoms with Crippen molar-refractivity contribution in [3.05, 3.63) is 33.9 Å². The van der Waals surface area contributed by atoms with Crippen LogP contribution in [-0.4, -0.2) is 9.97 Å². The van der Waals surface area contributed by atoms with Gasteiger partial charge in [0.05, 0.1) is 17.8 Å². The molecule has 0 amide bonds. The van der Waals surface area contributed by atoms with Crippen molar-refractivity contribution in [3.63, 3.8) is 0 Å². The summed E-state index contributed by atoms with van der Waals surface area (Å²) >= 11 is 1.59. The molecule has 0 radical (unpaired) electrons. The molecule has 3 N–H and O–H groups in total. The van der Waals surface area contributed by atoms with Crippen LogP contribution in [0.3, 0.4) is 0 Å². The number of hydrogen-bond acceptors (Lipinski definition) is 6. The Morgan fingerprint density at radius 3 is 3.00 bits per heavy atom. The van der Waals surface area contributed by atoms with E-state index < -0.39 is 0 Å². The number of nitrogens with zero attached hydrogens (tertiary/aromatic N) is 3. The third-order valence-corrected chi connectivity index (χ3v) is 3.09. The molecule has 0 atom stereocenters. The van der Waals surface area contributed by atoms with E-state index in [0.29, 0.717) is 23.6 Å². The molecule has 0 saturated heterocycles. The summed E-state index contributed by atoms with van der Waals surface area (Å²) in [7, 11) is 0. The first kappa shape index (κ1) is 11.4. The molecule has 0 aromatic carbocycles. The van der Waals surface area contributed by atoms with E-state index in [1.807, 2.05) is 18.4 Å². The Labute approximate surface area is 103 Å². The zero-order valence-electron chi connectivity index (χ0n) is 9.27. The van der Waals surface area contributed by atoms with Crippen LogP contribution in [0.5, 0.6) is 0 Å². The van der Waals surface area contributed by atoms with Crippen molar-refractivity contribution in [2.75, 3.05) is 11.1 Å². The minimum Gasteiger partial charge on any atom is -0.396 e. The third kappa shape index (κ3) is 2.71. The molecule has 2 aromatic heterocycles. The molecule has 0 aliphatic carbocycles. The smallest absolute Gasteiger partial charge is 0.149 e. The first-order chi connectivity index (χ1) is 8.19. The highest BCUT2D eigenvalue weighted by molar-refractivity contribution is 7.09. The van der Waals surface area contributed by atoms with Crippen LogP contribution < -0.4 is 11.1 Å². The molecule has 5 nitrogen and oxygen atoms in total. The number of anilines is 2. The normalized spacial score (nSPS) is 9.88. The summed E-state index contributed by atoms with van der Waals surface area (Å²) in [6.07, 6.45) is 1.49. The number of nitrogen functional groups attached to an aromatic ring is 1. The molecule has 17 heavy (non-hydrogen) atoms. The van der Waals surface area contributed by atoms with Gasteiger partial charge in [0.15, 0.2) is 0 Å². The summed E-state index contributed by atoms with van der Waals surface area (Å²) in [4.78, 5) is 8.41. The van der Waals surface area contributed by atoms with Crippen molar-refractivity contribution in [2.45, 2.75) is 13.5 Å². The molecule has 0 saturated carbocycles. The number of pyridine rings is 1. The average molecular weight is 245 g/mol. The average Bonchev–Trinajstić information content (AvgIpc) is 2.73. The fourth-order valence-corrected chi connectivity index (χ4v) is 2.05. The lowest BCUT2D eigenvalue weighted by Crippen LogP contribution is -2.04. The number of thiazole rings is 1. The highest BCUT2D eigenvalue weighted by atomic mass is 32.1. The van der Waals surface area contributed by atoms with Gasteiger partial charge in [-0.05, 0) is 13.0 Å². The molecule has 0 fully saturated rings. The quantitative estimate of drug-likeness (QED) is 0.862. The molecule has 0 spiro atoms. The topological polar surface area (TPSA) is 87.6 Å². The summed E-state index contributed by atoms with van der Waals surface area (Å²) in [5.41, 5.74) is 7.71. The Bertz CT molecular complexity index is 569. The Morgan fingerprint density at radius 2 is 2.41 bits per heavy atom. The Morgan fingerprint density at radius 1 is 1.59 bits per heavy atom. The van der Waals surface area contributed by atoms with E-state index in [0.717, 1.165) is 10.7 Å². The van der Waals surface area contributed by atoms with Crippen molar-refractivity contribution < 1.29 is 0 Å². The summed E-state index contributed by atoms with van der Waals surface area (Å²) in [5, 5.41) is 14.8. The van der Waals surface area contributed by atoms with Gasteiger partial charge in [0, 0.05) is 17.3 Å². The fraction of sp³-hybridized carbons (Fsp3) is 0.182. The zero-order valence-corrected chi connectivity index (χ0v) is 10.1. The minimum absolute atomic E-state index is 0.457. The molecule has 0 unspecified atom stereocenters. The van der Waals surface area contributed by atoms with Crippen LogP contribution in [0, 0.1) is 18.3 Å². The lowest BCUT2D eigenvalue weighted by molar-refractivity contribution is 1.06. The number of nitrogens with two attached hydrogens (primary N) is 1. The summed E-state index contributed by atoms with van der Waals surface area (Å²) < 4.78 is 0. The highest BCUT2D eigenvalue weighted by Gasteiger charge is 2.03. The summed E-state index contributed by atoms with van der Waals surface area (Å²) in [6, 6.07) is 3.59. The first-order valence-corrected chi connectivity index (χ1v) is 5.87. The monoisotopic (exact) mass is 245 g/mol. The first-order valence-electron chi connectivity index (χ1n) is 4.99. The predicted molar refractivity (Wildman–Crippen MR) is 67.5 cm³/mol. The molecule has 0 bridgehead atoms. The van der Waals surface area contributed by atoms with Crippen LogP contribution in [0.2, 0.25) is 0 Å². The number of hydrogen-bond donors (Lipinski definition) is 2. The number of nitrogens with one attached hydrogen (secondary N) is 1. The molecule has 0 aliphatic heterocycles. The Balaban J connectivity index is 2.07. The molecule has 6 heteroatoms. The molecule has 0 aliphatic rings. The van der Waals surface area contributed by atoms with Gasteiger partial charge < -0.3 is 11.1 Å². The Kier molecular flexibility index (Phi) is 3.21. The van der Waals surface area contributed by atoms with E-state index in [1.54, 1.807) is 17.4 Å².